The van der Waals surface area contributed by atoms with Crippen LogP contribution in [0, 0.1) is 0 Å². The Morgan fingerprint density at radius 1 is 1.10 bits per heavy atom. The standard InChI is InChI=1S/CH2O3.BrH.H2O4S/c2-1(3)4;;1-5(2,3)4/h(H2,2,3,4);1H;(H2,1,2,3,4). The molecule has 64 valence electrons. The van der Waals surface area contributed by atoms with Gasteiger partial charge in [0.2, 0.25) is 0 Å². The molecule has 0 fully saturated rings. The minimum Gasteiger partial charge on any atom is -0.450 e. The van der Waals surface area contributed by atoms with Crippen molar-refractivity contribution in [3.63, 3.8) is 0 Å². The second-order valence-corrected chi connectivity index (χ2v) is 1.63. The molecule has 0 bridgehead atoms. The molecule has 0 aromatic rings. The summed E-state index contributed by atoms with van der Waals surface area (Å²) in [6.45, 7) is 0. The zero-order valence-corrected chi connectivity index (χ0v) is 6.86. The highest BCUT2D eigenvalue weighted by Crippen LogP contribution is 1.59. The monoisotopic (exact) mass is 240 g/mol. The van der Waals surface area contributed by atoms with E-state index in [1.54, 1.807) is 0 Å². The molecule has 10 heavy (non-hydrogen) atoms. The number of hydrogen-bond donors (Lipinski definition) is 4. The van der Waals surface area contributed by atoms with Crippen molar-refractivity contribution >= 4 is 33.5 Å². The summed E-state index contributed by atoms with van der Waals surface area (Å²) in [6.07, 6.45) is -1.83. The fourth-order valence-corrected chi connectivity index (χ4v) is 0. The number of carboxylic acid groups (broad SMARTS) is 2. The van der Waals surface area contributed by atoms with Gasteiger partial charge in [-0.05, 0) is 0 Å². The van der Waals surface area contributed by atoms with Gasteiger partial charge in [-0.1, -0.05) is 0 Å². The Kier molecular flexibility index (Phi) is 11.0. The largest absolute Gasteiger partial charge is 0.503 e. The fraction of sp³-hybridized carbons (Fsp3) is 0. The van der Waals surface area contributed by atoms with Crippen molar-refractivity contribution in [1.82, 2.24) is 0 Å². The maximum Gasteiger partial charge on any atom is 0.503 e. The van der Waals surface area contributed by atoms with Crippen LogP contribution in [0.2, 0.25) is 0 Å². The van der Waals surface area contributed by atoms with Crippen LogP contribution < -0.4 is 0 Å². The Balaban J connectivity index is -0.0000000910. The predicted octanol–water partition coefficient (Wildman–Crippen LogP) is 0.148. The second kappa shape index (κ2) is 6.74. The molecule has 0 saturated carbocycles. The molecular formula is CH5BrO7S. The van der Waals surface area contributed by atoms with E-state index in [9.17, 15) is 0 Å². The van der Waals surface area contributed by atoms with E-state index in [1.807, 2.05) is 0 Å². The van der Waals surface area contributed by atoms with Crippen molar-refractivity contribution in [2.24, 2.45) is 0 Å². The van der Waals surface area contributed by atoms with Crippen LogP contribution in [0.4, 0.5) is 4.79 Å². The van der Waals surface area contributed by atoms with Gasteiger partial charge in [-0.25, -0.2) is 4.79 Å². The molecule has 9 heteroatoms. The third-order valence-corrected chi connectivity index (χ3v) is 0. The van der Waals surface area contributed by atoms with E-state index in [4.69, 9.17) is 32.5 Å². The first-order valence-corrected chi connectivity index (χ1v) is 2.75. The van der Waals surface area contributed by atoms with Crippen LogP contribution in [0.25, 0.3) is 0 Å². The lowest BCUT2D eigenvalue weighted by molar-refractivity contribution is 0.137. The second-order valence-electron chi connectivity index (χ2n) is 0.730. The number of halogens is 1. The lowest BCUT2D eigenvalue weighted by Gasteiger charge is -1.68. The number of rotatable bonds is 0. The van der Waals surface area contributed by atoms with Crippen LogP contribution in [0.1, 0.15) is 0 Å². The summed E-state index contributed by atoms with van der Waals surface area (Å²) in [4.78, 5) is 8.56. The molecule has 0 aliphatic carbocycles. The Morgan fingerprint density at radius 2 is 1.10 bits per heavy atom. The molecule has 0 atom stereocenters. The van der Waals surface area contributed by atoms with Gasteiger partial charge in [-0.2, -0.15) is 8.42 Å². The van der Waals surface area contributed by atoms with Crippen molar-refractivity contribution in [3.05, 3.63) is 0 Å². The minimum absolute atomic E-state index is 0. The van der Waals surface area contributed by atoms with E-state index >= 15 is 0 Å². The van der Waals surface area contributed by atoms with E-state index in [1.165, 1.54) is 0 Å². The first-order chi connectivity index (χ1) is 3.73. The molecule has 0 saturated heterocycles. The number of hydrogen-bond acceptors (Lipinski definition) is 3. The quantitative estimate of drug-likeness (QED) is 0.443. The summed E-state index contributed by atoms with van der Waals surface area (Å²) >= 11 is 0. The lowest BCUT2D eigenvalue weighted by Crippen LogP contribution is -1.89. The van der Waals surface area contributed by atoms with Crippen LogP contribution >= 0.6 is 17.0 Å². The molecule has 0 unspecified atom stereocenters. The molecule has 0 heterocycles. The molecule has 7 nitrogen and oxygen atoms in total. The molecule has 0 aromatic carbocycles. The van der Waals surface area contributed by atoms with E-state index < -0.39 is 16.6 Å². The Morgan fingerprint density at radius 3 is 1.10 bits per heavy atom. The predicted molar refractivity (Wildman–Crippen MR) is 35.2 cm³/mol. The summed E-state index contributed by atoms with van der Waals surface area (Å²) in [5.74, 6) is 0. The first kappa shape index (κ1) is 16.3. The summed E-state index contributed by atoms with van der Waals surface area (Å²) in [7, 11) is -4.67. The molecule has 0 aliphatic rings. The summed E-state index contributed by atoms with van der Waals surface area (Å²) in [5.41, 5.74) is 0. The van der Waals surface area contributed by atoms with Gasteiger partial charge in [0.15, 0.2) is 0 Å². The summed E-state index contributed by atoms with van der Waals surface area (Å²) in [5, 5.41) is 13.9. The Labute approximate surface area is 66.6 Å². The van der Waals surface area contributed by atoms with E-state index in [0.29, 0.717) is 0 Å². The molecule has 0 rings (SSSR count). The number of carbonyl (C=O) groups is 1. The van der Waals surface area contributed by atoms with Gasteiger partial charge in [0.05, 0.1) is 0 Å². The minimum atomic E-state index is -4.67. The highest BCUT2D eigenvalue weighted by molar-refractivity contribution is 8.93. The molecule has 0 aromatic heterocycles. The van der Waals surface area contributed by atoms with Gasteiger partial charge in [0.1, 0.15) is 0 Å². The van der Waals surface area contributed by atoms with Gasteiger partial charge in [0.25, 0.3) is 0 Å². The first-order valence-electron chi connectivity index (χ1n) is 1.35. The zero-order chi connectivity index (χ0) is 8.08. The van der Waals surface area contributed by atoms with Crippen molar-refractivity contribution in [3.8, 4) is 0 Å². The third-order valence-electron chi connectivity index (χ3n) is 0. The maximum absolute atomic E-state index is 8.74. The Bertz CT molecular complexity index is 156. The van der Waals surface area contributed by atoms with Crippen molar-refractivity contribution in [1.29, 1.82) is 0 Å². The average molecular weight is 241 g/mol. The van der Waals surface area contributed by atoms with Gasteiger partial charge in [-0.3, -0.25) is 9.11 Å². The molecular weight excluding hydrogens is 236 g/mol. The molecule has 0 radical (unpaired) electrons. The van der Waals surface area contributed by atoms with Crippen LogP contribution in [0.3, 0.4) is 0 Å². The molecule has 0 aliphatic heterocycles. The van der Waals surface area contributed by atoms with Crippen LogP contribution in [-0.2, 0) is 10.4 Å². The average Bonchev–Trinajstić information content (AvgIpc) is 1.19. The molecule has 0 spiro atoms. The van der Waals surface area contributed by atoms with Crippen LogP contribution in [0.5, 0.6) is 0 Å². The van der Waals surface area contributed by atoms with Gasteiger partial charge in [-0.15, -0.1) is 17.0 Å². The van der Waals surface area contributed by atoms with Crippen molar-refractivity contribution < 1.29 is 32.5 Å². The molecule has 0 amide bonds. The van der Waals surface area contributed by atoms with Gasteiger partial charge in [0, 0.05) is 0 Å². The van der Waals surface area contributed by atoms with Crippen LogP contribution in [-0.4, -0.2) is 33.9 Å². The molecule has 4 N–H and O–H groups in total. The van der Waals surface area contributed by atoms with E-state index in [2.05, 4.69) is 0 Å². The maximum atomic E-state index is 8.74. The highest BCUT2D eigenvalue weighted by Gasteiger charge is 1.84. The summed E-state index contributed by atoms with van der Waals surface area (Å²) < 4.78 is 31.6. The van der Waals surface area contributed by atoms with E-state index in [0.717, 1.165) is 0 Å². The fourth-order valence-electron chi connectivity index (χ4n) is 0. The smallest absolute Gasteiger partial charge is 0.450 e. The normalized spacial score (nSPS) is 8.20. The highest BCUT2D eigenvalue weighted by atomic mass is 79.9. The Hall–Kier alpha value is -0.380. The third kappa shape index (κ3) is 2310. The zero-order valence-electron chi connectivity index (χ0n) is 4.33. The van der Waals surface area contributed by atoms with Gasteiger partial charge < -0.3 is 10.2 Å². The van der Waals surface area contributed by atoms with Crippen LogP contribution in [0.15, 0.2) is 0 Å². The van der Waals surface area contributed by atoms with Gasteiger partial charge >= 0.3 is 16.6 Å². The lowest BCUT2D eigenvalue weighted by atomic mass is 11.5. The van der Waals surface area contributed by atoms with Crippen molar-refractivity contribution in [2.75, 3.05) is 0 Å². The SMILES string of the molecule is Br.O=C(O)O.O=S(=O)(O)O. The topological polar surface area (TPSA) is 132 Å². The van der Waals surface area contributed by atoms with Crippen molar-refractivity contribution in [2.45, 2.75) is 0 Å². The summed E-state index contributed by atoms with van der Waals surface area (Å²) in [6, 6.07) is 0. The van der Waals surface area contributed by atoms with E-state index in [-0.39, 0.29) is 17.0 Å².